The van der Waals surface area contributed by atoms with Crippen molar-refractivity contribution in [2.24, 2.45) is 5.73 Å². The van der Waals surface area contributed by atoms with Crippen LogP contribution in [0, 0.1) is 21.8 Å². The Balaban J connectivity index is 1.54. The number of allylic oxidation sites excluding steroid dienone is 1. The van der Waals surface area contributed by atoms with E-state index in [4.69, 9.17) is 19.9 Å². The predicted molar refractivity (Wildman–Crippen MR) is 137 cm³/mol. The fraction of sp³-hybridized carbons (Fsp3) is 0.154. The van der Waals surface area contributed by atoms with Crippen LogP contribution >= 0.6 is 22.6 Å². The molecule has 0 saturated heterocycles. The van der Waals surface area contributed by atoms with Crippen molar-refractivity contribution >= 4 is 33.4 Å². The minimum atomic E-state index is -0.429. The van der Waals surface area contributed by atoms with Gasteiger partial charge in [-0.1, -0.05) is 42.5 Å². The van der Waals surface area contributed by atoms with Crippen molar-refractivity contribution in [2.75, 3.05) is 7.11 Å². The molecule has 34 heavy (non-hydrogen) atoms. The van der Waals surface area contributed by atoms with Gasteiger partial charge in [-0.2, -0.15) is 5.26 Å². The maximum atomic E-state index is 9.84. The van der Waals surface area contributed by atoms with Gasteiger partial charge in [0, 0.05) is 11.3 Å². The zero-order valence-electron chi connectivity index (χ0n) is 18.6. The maximum absolute atomic E-state index is 9.84. The van der Waals surface area contributed by atoms with Crippen LogP contribution in [-0.4, -0.2) is 17.3 Å². The molecule has 0 saturated carbocycles. The molecule has 5 rings (SSSR count). The first-order valence-corrected chi connectivity index (χ1v) is 11.7. The summed E-state index contributed by atoms with van der Waals surface area (Å²) in [5.74, 6) is 1.22. The molecule has 0 unspecified atom stereocenters. The van der Waals surface area contributed by atoms with Gasteiger partial charge in [-0.25, -0.2) is 0 Å². The van der Waals surface area contributed by atoms with Gasteiger partial charge < -0.3 is 19.9 Å². The van der Waals surface area contributed by atoms with Crippen LogP contribution in [0.5, 0.6) is 17.4 Å². The van der Waals surface area contributed by atoms with Gasteiger partial charge in [0.25, 0.3) is 0 Å². The lowest BCUT2D eigenvalue weighted by Crippen LogP contribution is -2.21. The van der Waals surface area contributed by atoms with Crippen molar-refractivity contribution in [3.8, 4) is 23.4 Å². The van der Waals surface area contributed by atoms with Crippen LogP contribution in [0.25, 0.3) is 10.8 Å². The number of nitrogens with one attached hydrogen (secondary N) is 1. The standard InChI is InChI=1S/C26H21IN4O3/c1-14-22-23(19(12-28)25(29)34-26(22)31-30-14)17-10-20(27)24(21(11-17)32-2)33-13-16-8-5-7-15-6-3-4-9-18(15)16/h3-11,23H,13,29H2,1-2H3,(H,30,31)/t23-/m0/s1. The van der Waals surface area contributed by atoms with Gasteiger partial charge >= 0.3 is 0 Å². The molecule has 2 heterocycles. The summed E-state index contributed by atoms with van der Waals surface area (Å²) in [5.41, 5.74) is 9.92. The fourth-order valence-electron chi connectivity index (χ4n) is 4.35. The molecule has 0 fully saturated rings. The van der Waals surface area contributed by atoms with Crippen molar-refractivity contribution in [1.82, 2.24) is 10.2 Å². The number of nitrogens with zero attached hydrogens (tertiary/aromatic N) is 2. The maximum Gasteiger partial charge on any atom is 0.244 e. The van der Waals surface area contributed by atoms with Crippen molar-refractivity contribution in [3.05, 3.63) is 92.0 Å². The Hall–Kier alpha value is -3.71. The third kappa shape index (κ3) is 3.72. The van der Waals surface area contributed by atoms with Gasteiger partial charge in [0.1, 0.15) is 18.2 Å². The number of nitrogens with two attached hydrogens (primary N) is 1. The number of aromatic nitrogens is 2. The molecule has 1 atom stereocenters. The highest BCUT2D eigenvalue weighted by Crippen LogP contribution is 2.45. The summed E-state index contributed by atoms with van der Waals surface area (Å²) in [6.07, 6.45) is 0. The average molecular weight is 564 g/mol. The molecule has 0 amide bonds. The number of rotatable bonds is 5. The molecule has 4 aromatic rings. The van der Waals surface area contributed by atoms with Gasteiger partial charge in [0.2, 0.25) is 11.8 Å². The van der Waals surface area contributed by atoms with E-state index in [1.807, 2.05) is 37.3 Å². The molecule has 0 aliphatic carbocycles. The third-order valence-corrected chi connectivity index (χ3v) is 6.77. The van der Waals surface area contributed by atoms with Gasteiger partial charge in [-0.05, 0) is 63.5 Å². The Bertz CT molecular complexity index is 1480. The van der Waals surface area contributed by atoms with E-state index in [-0.39, 0.29) is 5.88 Å². The summed E-state index contributed by atoms with van der Waals surface area (Å²) in [6.45, 7) is 2.29. The number of H-pyrrole nitrogens is 1. The summed E-state index contributed by atoms with van der Waals surface area (Å²) < 4.78 is 18.4. The normalized spacial score (nSPS) is 14.9. The van der Waals surface area contributed by atoms with E-state index in [1.54, 1.807) is 7.11 Å². The predicted octanol–water partition coefficient (Wildman–Crippen LogP) is 5.28. The van der Waals surface area contributed by atoms with E-state index >= 15 is 0 Å². The quantitative estimate of drug-likeness (QED) is 0.320. The molecule has 7 nitrogen and oxygen atoms in total. The molecule has 8 heteroatoms. The van der Waals surface area contributed by atoms with Gasteiger partial charge in [-0.15, -0.1) is 5.10 Å². The van der Waals surface area contributed by atoms with Crippen LogP contribution in [0.1, 0.15) is 28.3 Å². The summed E-state index contributed by atoms with van der Waals surface area (Å²) in [7, 11) is 1.61. The second-order valence-corrected chi connectivity index (χ2v) is 9.12. The van der Waals surface area contributed by atoms with Crippen LogP contribution < -0.4 is 19.9 Å². The molecular formula is C26H21IN4O3. The van der Waals surface area contributed by atoms with Crippen LogP contribution in [0.4, 0.5) is 0 Å². The van der Waals surface area contributed by atoms with Gasteiger partial charge in [0.15, 0.2) is 11.5 Å². The van der Waals surface area contributed by atoms with E-state index in [1.165, 1.54) is 5.39 Å². The van der Waals surface area contributed by atoms with Crippen LogP contribution in [-0.2, 0) is 6.61 Å². The number of aromatic amines is 1. The second-order valence-electron chi connectivity index (χ2n) is 7.95. The summed E-state index contributed by atoms with van der Waals surface area (Å²) in [5, 5.41) is 19.3. The largest absolute Gasteiger partial charge is 0.493 e. The average Bonchev–Trinajstić information content (AvgIpc) is 3.21. The number of aryl methyl sites for hydroxylation is 1. The lowest BCUT2D eigenvalue weighted by Gasteiger charge is -2.25. The van der Waals surface area contributed by atoms with Crippen LogP contribution in [0.2, 0.25) is 0 Å². The number of fused-ring (bicyclic) bond motifs is 2. The highest BCUT2D eigenvalue weighted by Gasteiger charge is 2.35. The smallest absolute Gasteiger partial charge is 0.244 e. The first kappa shape index (κ1) is 22.1. The lowest BCUT2D eigenvalue weighted by molar-refractivity contribution is 0.283. The number of nitriles is 1. The summed E-state index contributed by atoms with van der Waals surface area (Å²) in [6, 6.07) is 20.5. The number of methoxy groups -OCH3 is 1. The number of benzene rings is 3. The van der Waals surface area contributed by atoms with Gasteiger partial charge in [0.05, 0.1) is 16.6 Å². The van der Waals surface area contributed by atoms with Crippen LogP contribution in [0.15, 0.2) is 66.1 Å². The minimum Gasteiger partial charge on any atom is -0.493 e. The number of ether oxygens (including phenoxy) is 3. The number of hydrogen-bond donors (Lipinski definition) is 2. The fourth-order valence-corrected chi connectivity index (χ4v) is 5.13. The van der Waals surface area contributed by atoms with Crippen molar-refractivity contribution in [3.63, 3.8) is 0 Å². The summed E-state index contributed by atoms with van der Waals surface area (Å²) in [4.78, 5) is 0. The van der Waals surface area contributed by atoms with Crippen molar-refractivity contribution < 1.29 is 14.2 Å². The Morgan fingerprint density at radius 2 is 2.00 bits per heavy atom. The number of halogens is 1. The summed E-state index contributed by atoms with van der Waals surface area (Å²) >= 11 is 2.23. The molecule has 1 aliphatic heterocycles. The van der Waals surface area contributed by atoms with E-state index in [0.717, 1.165) is 31.3 Å². The molecule has 170 valence electrons. The van der Waals surface area contributed by atoms with Crippen molar-refractivity contribution in [2.45, 2.75) is 19.4 Å². The molecule has 1 aliphatic rings. The van der Waals surface area contributed by atoms with E-state index in [2.05, 4.69) is 63.1 Å². The zero-order valence-corrected chi connectivity index (χ0v) is 20.7. The van der Waals surface area contributed by atoms with E-state index in [9.17, 15) is 5.26 Å². The molecule has 1 aromatic heterocycles. The SMILES string of the molecule is COc1cc([C@H]2C(C#N)=C(N)Oc3n[nH]c(C)c32)cc(I)c1OCc1cccc2ccccc12. The Morgan fingerprint density at radius 3 is 2.79 bits per heavy atom. The second kappa shape index (κ2) is 8.91. The Morgan fingerprint density at radius 1 is 1.21 bits per heavy atom. The number of hydrogen-bond acceptors (Lipinski definition) is 6. The van der Waals surface area contributed by atoms with Crippen molar-refractivity contribution in [1.29, 1.82) is 5.26 Å². The third-order valence-electron chi connectivity index (χ3n) is 5.97. The topological polar surface area (TPSA) is 106 Å². The first-order chi connectivity index (χ1) is 16.5. The Labute approximate surface area is 210 Å². The molecule has 0 radical (unpaired) electrons. The highest BCUT2D eigenvalue weighted by atomic mass is 127. The highest BCUT2D eigenvalue weighted by molar-refractivity contribution is 14.1. The van der Waals surface area contributed by atoms with E-state index in [0.29, 0.717) is 29.6 Å². The monoisotopic (exact) mass is 564 g/mol. The van der Waals surface area contributed by atoms with Crippen LogP contribution in [0.3, 0.4) is 0 Å². The Kier molecular flexibility index (Phi) is 5.79. The lowest BCUT2D eigenvalue weighted by atomic mass is 9.84. The van der Waals surface area contributed by atoms with E-state index < -0.39 is 5.92 Å². The molecule has 3 aromatic carbocycles. The molecular weight excluding hydrogens is 543 g/mol. The zero-order chi connectivity index (χ0) is 23.8. The first-order valence-electron chi connectivity index (χ1n) is 10.6. The minimum absolute atomic E-state index is 0.0526. The molecule has 3 N–H and O–H groups in total. The molecule has 0 spiro atoms. The van der Waals surface area contributed by atoms with Gasteiger partial charge in [-0.3, -0.25) is 5.10 Å². The molecule has 0 bridgehead atoms.